The lowest BCUT2D eigenvalue weighted by Crippen LogP contribution is -2.30. The molecule has 0 aliphatic rings. The zero-order valence-electron chi connectivity index (χ0n) is 14.7. The van der Waals surface area contributed by atoms with Crippen molar-refractivity contribution in [2.75, 3.05) is 26.0 Å². The molecule has 0 aliphatic carbocycles. The van der Waals surface area contributed by atoms with Crippen molar-refractivity contribution < 1.29 is 27.8 Å². The molecule has 0 unspecified atom stereocenters. The van der Waals surface area contributed by atoms with Crippen LogP contribution in [0.2, 0.25) is 0 Å². The SMILES string of the molecule is COc1cc(CN(C)CC(=O)Nc2sccc2C(N)=O)ccc1OC(F)F. The van der Waals surface area contributed by atoms with Gasteiger partial charge in [0.1, 0.15) is 5.00 Å². The summed E-state index contributed by atoms with van der Waals surface area (Å²) in [5.74, 6) is -0.811. The fraction of sp³-hybridized carbons (Fsp3) is 0.294. The Morgan fingerprint density at radius 2 is 2.04 bits per heavy atom. The van der Waals surface area contributed by atoms with Gasteiger partial charge in [0.2, 0.25) is 5.91 Å². The lowest BCUT2D eigenvalue weighted by Gasteiger charge is -2.17. The van der Waals surface area contributed by atoms with Gasteiger partial charge in [0.15, 0.2) is 11.5 Å². The number of nitrogens with zero attached hydrogens (tertiary/aromatic N) is 1. The first-order valence-corrected chi connectivity index (χ1v) is 8.65. The van der Waals surface area contributed by atoms with Crippen LogP contribution in [0, 0.1) is 0 Å². The van der Waals surface area contributed by atoms with Crippen LogP contribution in [0.1, 0.15) is 15.9 Å². The molecule has 2 amide bonds. The summed E-state index contributed by atoms with van der Waals surface area (Å²) in [7, 11) is 3.07. The van der Waals surface area contributed by atoms with Crippen LogP contribution in [-0.2, 0) is 11.3 Å². The van der Waals surface area contributed by atoms with E-state index in [9.17, 15) is 18.4 Å². The molecule has 0 saturated heterocycles. The summed E-state index contributed by atoms with van der Waals surface area (Å²) >= 11 is 1.21. The van der Waals surface area contributed by atoms with Crippen molar-refractivity contribution in [2.45, 2.75) is 13.2 Å². The molecule has 7 nitrogen and oxygen atoms in total. The van der Waals surface area contributed by atoms with E-state index in [1.54, 1.807) is 35.5 Å². The molecular weight excluding hydrogens is 380 g/mol. The molecule has 2 aromatic rings. The number of anilines is 1. The number of nitrogens with one attached hydrogen (secondary N) is 1. The van der Waals surface area contributed by atoms with Crippen molar-refractivity contribution in [2.24, 2.45) is 5.73 Å². The van der Waals surface area contributed by atoms with Gasteiger partial charge in [-0.1, -0.05) is 6.07 Å². The third kappa shape index (κ3) is 5.90. The molecule has 0 atom stereocenters. The molecule has 1 aromatic heterocycles. The number of primary amides is 1. The highest BCUT2D eigenvalue weighted by molar-refractivity contribution is 7.14. The molecule has 2 rings (SSSR count). The van der Waals surface area contributed by atoms with Gasteiger partial charge in [-0.2, -0.15) is 8.78 Å². The van der Waals surface area contributed by atoms with E-state index in [0.29, 0.717) is 11.5 Å². The first kappa shape index (κ1) is 20.6. The van der Waals surface area contributed by atoms with Crippen molar-refractivity contribution in [3.63, 3.8) is 0 Å². The number of methoxy groups -OCH3 is 1. The number of ether oxygens (including phenoxy) is 2. The second-order valence-corrected chi connectivity index (χ2v) is 6.53. The van der Waals surface area contributed by atoms with E-state index < -0.39 is 12.5 Å². The van der Waals surface area contributed by atoms with Crippen molar-refractivity contribution in [3.8, 4) is 11.5 Å². The Balaban J connectivity index is 1.96. The lowest BCUT2D eigenvalue weighted by molar-refractivity contribution is -0.117. The van der Waals surface area contributed by atoms with Crippen LogP contribution in [0.5, 0.6) is 11.5 Å². The Labute approximate surface area is 158 Å². The van der Waals surface area contributed by atoms with Gasteiger partial charge in [-0.05, 0) is 36.2 Å². The summed E-state index contributed by atoms with van der Waals surface area (Å²) in [6.45, 7) is -2.53. The molecule has 3 N–H and O–H groups in total. The minimum Gasteiger partial charge on any atom is -0.493 e. The van der Waals surface area contributed by atoms with E-state index >= 15 is 0 Å². The van der Waals surface area contributed by atoms with Crippen LogP contribution < -0.4 is 20.5 Å². The van der Waals surface area contributed by atoms with Crippen LogP contribution in [0.15, 0.2) is 29.6 Å². The normalized spacial score (nSPS) is 10.9. The second-order valence-electron chi connectivity index (χ2n) is 5.61. The largest absolute Gasteiger partial charge is 0.493 e. The molecule has 0 radical (unpaired) electrons. The number of carbonyl (C=O) groups excluding carboxylic acids is 2. The molecule has 10 heteroatoms. The number of carbonyl (C=O) groups is 2. The van der Waals surface area contributed by atoms with Gasteiger partial charge in [-0.3, -0.25) is 14.5 Å². The zero-order chi connectivity index (χ0) is 20.0. The number of alkyl halides is 2. The third-order valence-electron chi connectivity index (χ3n) is 3.49. The highest BCUT2D eigenvalue weighted by atomic mass is 32.1. The minimum atomic E-state index is -2.95. The maximum atomic E-state index is 12.4. The molecule has 0 spiro atoms. The quantitative estimate of drug-likeness (QED) is 0.676. The van der Waals surface area contributed by atoms with E-state index in [4.69, 9.17) is 10.5 Å². The molecule has 0 fully saturated rings. The summed E-state index contributed by atoms with van der Waals surface area (Å²) < 4.78 is 34.2. The number of halogens is 2. The third-order valence-corrected chi connectivity index (χ3v) is 4.32. The molecule has 0 bridgehead atoms. The monoisotopic (exact) mass is 399 g/mol. The van der Waals surface area contributed by atoms with Crippen molar-refractivity contribution in [3.05, 3.63) is 40.8 Å². The summed E-state index contributed by atoms with van der Waals surface area (Å²) in [4.78, 5) is 25.2. The van der Waals surface area contributed by atoms with E-state index in [1.807, 2.05) is 0 Å². The fourth-order valence-electron chi connectivity index (χ4n) is 2.38. The number of rotatable bonds is 9. The topological polar surface area (TPSA) is 93.9 Å². The molecule has 0 aliphatic heterocycles. The van der Waals surface area contributed by atoms with Gasteiger partial charge < -0.3 is 20.5 Å². The standard InChI is InChI=1S/C17H19F2N3O4S/c1-22(9-14(23)21-16-11(15(20)24)5-6-27-16)8-10-3-4-12(26-17(18)19)13(7-10)25-2/h3-7,17H,8-9H2,1-2H3,(H2,20,24)(H,21,23). The number of thiophene rings is 1. The fourth-order valence-corrected chi connectivity index (χ4v) is 3.19. The van der Waals surface area contributed by atoms with Gasteiger partial charge in [-0.25, -0.2) is 0 Å². The van der Waals surface area contributed by atoms with Crippen molar-refractivity contribution >= 4 is 28.2 Å². The highest BCUT2D eigenvalue weighted by Gasteiger charge is 2.15. The maximum Gasteiger partial charge on any atom is 0.387 e. The number of hydrogen-bond acceptors (Lipinski definition) is 6. The highest BCUT2D eigenvalue weighted by Crippen LogP contribution is 2.29. The van der Waals surface area contributed by atoms with E-state index in [1.165, 1.54) is 24.5 Å². The molecule has 0 saturated carbocycles. The summed E-state index contributed by atoms with van der Waals surface area (Å²) in [6.07, 6.45) is 0. The smallest absolute Gasteiger partial charge is 0.387 e. The van der Waals surface area contributed by atoms with Crippen LogP contribution >= 0.6 is 11.3 Å². The van der Waals surface area contributed by atoms with Gasteiger partial charge in [-0.15, -0.1) is 11.3 Å². The zero-order valence-corrected chi connectivity index (χ0v) is 15.5. The summed E-state index contributed by atoms with van der Waals surface area (Å²) in [6, 6.07) is 6.11. The van der Waals surface area contributed by atoms with E-state index in [2.05, 4.69) is 10.1 Å². The number of likely N-dealkylation sites (N-methyl/N-ethyl adjacent to an activating group) is 1. The Bertz CT molecular complexity index is 813. The van der Waals surface area contributed by atoms with Crippen LogP contribution in [-0.4, -0.2) is 44.0 Å². The molecule has 27 heavy (non-hydrogen) atoms. The first-order valence-electron chi connectivity index (χ1n) is 7.77. The predicted octanol–water partition coefficient (Wildman–Crippen LogP) is 2.53. The average Bonchev–Trinajstić information content (AvgIpc) is 3.03. The van der Waals surface area contributed by atoms with E-state index in [-0.39, 0.29) is 29.5 Å². The second kappa shape index (κ2) is 9.28. The minimum absolute atomic E-state index is 0.0493. The summed E-state index contributed by atoms with van der Waals surface area (Å²) in [5, 5.41) is 4.71. The Hall–Kier alpha value is -2.72. The molecular formula is C17H19F2N3O4S. The van der Waals surface area contributed by atoms with Gasteiger partial charge >= 0.3 is 6.61 Å². The van der Waals surface area contributed by atoms with E-state index in [0.717, 1.165) is 5.56 Å². The number of amides is 2. The predicted molar refractivity (Wildman–Crippen MR) is 97.4 cm³/mol. The average molecular weight is 399 g/mol. The number of benzene rings is 1. The Kier molecular flexibility index (Phi) is 7.08. The van der Waals surface area contributed by atoms with Crippen LogP contribution in [0.3, 0.4) is 0 Å². The van der Waals surface area contributed by atoms with Gasteiger partial charge in [0.05, 0.1) is 19.2 Å². The molecule has 1 aromatic carbocycles. The lowest BCUT2D eigenvalue weighted by atomic mass is 10.2. The van der Waals surface area contributed by atoms with Crippen molar-refractivity contribution in [1.29, 1.82) is 0 Å². The van der Waals surface area contributed by atoms with Crippen LogP contribution in [0.4, 0.5) is 13.8 Å². The molecule has 146 valence electrons. The summed E-state index contributed by atoms with van der Waals surface area (Å²) in [5.41, 5.74) is 6.25. The maximum absolute atomic E-state index is 12.4. The Morgan fingerprint density at radius 1 is 1.30 bits per heavy atom. The number of nitrogens with two attached hydrogens (primary N) is 1. The molecule has 1 heterocycles. The Morgan fingerprint density at radius 3 is 2.67 bits per heavy atom. The number of hydrogen-bond donors (Lipinski definition) is 2. The van der Waals surface area contributed by atoms with Crippen LogP contribution in [0.25, 0.3) is 0 Å². The first-order chi connectivity index (χ1) is 12.8. The van der Waals surface area contributed by atoms with Gasteiger partial charge in [0.25, 0.3) is 5.91 Å². The van der Waals surface area contributed by atoms with Crippen molar-refractivity contribution in [1.82, 2.24) is 4.90 Å². The van der Waals surface area contributed by atoms with Gasteiger partial charge in [0, 0.05) is 6.54 Å².